The average molecular weight is 348 g/mol. The van der Waals surface area contributed by atoms with Gasteiger partial charge in [-0.3, -0.25) is 9.79 Å². The molecule has 2 N–H and O–H groups in total. The van der Waals surface area contributed by atoms with E-state index < -0.39 is 10.0 Å². The lowest BCUT2D eigenvalue weighted by molar-refractivity contribution is -0.145. The van der Waals surface area contributed by atoms with Crippen LogP contribution in [0.3, 0.4) is 0 Å². The van der Waals surface area contributed by atoms with E-state index in [0.717, 1.165) is 12.5 Å². The average Bonchev–Trinajstić information content (AvgIpc) is 2.91. The topological polar surface area (TPSA) is 100 Å². The second kappa shape index (κ2) is 9.07. The molecule has 1 aliphatic heterocycles. The Hall–Kier alpha value is -1.35. The first-order valence-electron chi connectivity index (χ1n) is 7.85. The second-order valence-corrected chi connectivity index (χ2v) is 7.73. The molecule has 0 aromatic carbocycles. The molecule has 23 heavy (non-hydrogen) atoms. The molecular formula is C14H28N4O4S. The number of carbonyl (C=O) groups is 1. The third-order valence-corrected chi connectivity index (χ3v) is 5.37. The van der Waals surface area contributed by atoms with Gasteiger partial charge in [-0.15, -0.1) is 0 Å². The molecule has 2 atom stereocenters. The number of methoxy groups -OCH3 is 1. The minimum atomic E-state index is -3.14. The van der Waals surface area contributed by atoms with Crippen LogP contribution in [0.1, 0.15) is 20.3 Å². The second-order valence-electron chi connectivity index (χ2n) is 5.64. The molecule has 0 saturated carbocycles. The van der Waals surface area contributed by atoms with E-state index in [9.17, 15) is 13.2 Å². The highest BCUT2D eigenvalue weighted by molar-refractivity contribution is 7.89. The van der Waals surface area contributed by atoms with Crippen molar-refractivity contribution in [2.45, 2.75) is 20.3 Å². The van der Waals surface area contributed by atoms with E-state index in [-0.39, 0.29) is 23.6 Å². The van der Waals surface area contributed by atoms with Crippen LogP contribution in [0.2, 0.25) is 0 Å². The van der Waals surface area contributed by atoms with E-state index in [0.29, 0.717) is 26.1 Å². The van der Waals surface area contributed by atoms with Gasteiger partial charge in [0.15, 0.2) is 5.96 Å². The largest absolute Gasteiger partial charge is 0.469 e. The molecule has 0 aromatic heterocycles. The number of guanidine groups is 1. The molecule has 0 aromatic rings. The SMILES string of the molecule is CCS(=O)(=O)NCCCNC(=NC)N1CC(C)C(C(=O)OC)C1. The summed E-state index contributed by atoms with van der Waals surface area (Å²) in [5.41, 5.74) is 0. The molecule has 9 heteroatoms. The first kappa shape index (κ1) is 19.7. The van der Waals surface area contributed by atoms with Crippen molar-refractivity contribution < 1.29 is 17.9 Å². The molecule has 1 aliphatic rings. The zero-order valence-corrected chi connectivity index (χ0v) is 15.1. The normalized spacial score (nSPS) is 22.3. The number of nitrogens with zero attached hydrogens (tertiary/aromatic N) is 2. The van der Waals surface area contributed by atoms with Gasteiger partial charge in [-0.25, -0.2) is 13.1 Å². The minimum Gasteiger partial charge on any atom is -0.469 e. The van der Waals surface area contributed by atoms with Crippen LogP contribution < -0.4 is 10.0 Å². The molecule has 1 rings (SSSR count). The predicted octanol–water partition coefficient (Wildman–Crippen LogP) is -0.368. The molecule has 2 unspecified atom stereocenters. The Kier molecular flexibility index (Phi) is 7.77. The lowest BCUT2D eigenvalue weighted by Crippen LogP contribution is -2.41. The van der Waals surface area contributed by atoms with Gasteiger partial charge in [0.1, 0.15) is 0 Å². The number of carbonyl (C=O) groups excluding carboxylic acids is 1. The van der Waals surface area contributed by atoms with Crippen molar-refractivity contribution in [3.63, 3.8) is 0 Å². The quantitative estimate of drug-likeness (QED) is 0.282. The molecule has 1 saturated heterocycles. The summed E-state index contributed by atoms with van der Waals surface area (Å²) >= 11 is 0. The van der Waals surface area contributed by atoms with Crippen molar-refractivity contribution in [1.82, 2.24) is 14.9 Å². The Labute approximate surface area is 138 Å². The Balaban J connectivity index is 2.40. The summed E-state index contributed by atoms with van der Waals surface area (Å²) in [4.78, 5) is 18.0. The van der Waals surface area contributed by atoms with Gasteiger partial charge in [0.2, 0.25) is 10.0 Å². The Morgan fingerprint density at radius 1 is 1.35 bits per heavy atom. The fraction of sp³-hybridized carbons (Fsp3) is 0.857. The van der Waals surface area contributed by atoms with E-state index in [1.54, 1.807) is 14.0 Å². The van der Waals surface area contributed by atoms with Gasteiger partial charge in [-0.1, -0.05) is 6.92 Å². The summed E-state index contributed by atoms with van der Waals surface area (Å²) in [7, 11) is -0.0407. The first-order valence-corrected chi connectivity index (χ1v) is 9.50. The summed E-state index contributed by atoms with van der Waals surface area (Å²) in [6.07, 6.45) is 0.655. The zero-order valence-electron chi connectivity index (χ0n) is 14.3. The lowest BCUT2D eigenvalue weighted by atomic mass is 9.99. The summed E-state index contributed by atoms with van der Waals surface area (Å²) in [6.45, 7) is 5.94. The molecule has 134 valence electrons. The number of esters is 1. The summed E-state index contributed by atoms with van der Waals surface area (Å²) in [5.74, 6) is 0.682. The highest BCUT2D eigenvalue weighted by Gasteiger charge is 2.36. The monoisotopic (exact) mass is 348 g/mol. The number of likely N-dealkylation sites (tertiary alicyclic amines) is 1. The minimum absolute atomic E-state index is 0.0860. The molecular weight excluding hydrogens is 320 g/mol. The maximum absolute atomic E-state index is 11.7. The van der Waals surface area contributed by atoms with Crippen molar-refractivity contribution in [2.24, 2.45) is 16.8 Å². The van der Waals surface area contributed by atoms with Crippen molar-refractivity contribution >= 4 is 22.0 Å². The van der Waals surface area contributed by atoms with Crippen LogP contribution in [-0.2, 0) is 19.6 Å². The van der Waals surface area contributed by atoms with Gasteiger partial charge in [-0.2, -0.15) is 0 Å². The van der Waals surface area contributed by atoms with Crippen LogP contribution in [0.4, 0.5) is 0 Å². The van der Waals surface area contributed by atoms with Crippen LogP contribution in [0.25, 0.3) is 0 Å². The summed E-state index contributed by atoms with van der Waals surface area (Å²) in [6, 6.07) is 0. The fourth-order valence-corrected chi connectivity index (χ4v) is 3.21. The van der Waals surface area contributed by atoms with Crippen molar-refractivity contribution in [1.29, 1.82) is 0 Å². The van der Waals surface area contributed by atoms with Crippen molar-refractivity contribution in [3.05, 3.63) is 0 Å². The van der Waals surface area contributed by atoms with E-state index in [1.807, 2.05) is 11.8 Å². The maximum atomic E-state index is 11.7. The van der Waals surface area contributed by atoms with Gasteiger partial charge >= 0.3 is 5.97 Å². The Morgan fingerprint density at radius 3 is 2.61 bits per heavy atom. The number of sulfonamides is 1. The van der Waals surface area contributed by atoms with Gasteiger partial charge in [0.25, 0.3) is 0 Å². The van der Waals surface area contributed by atoms with E-state index in [1.165, 1.54) is 7.11 Å². The van der Waals surface area contributed by atoms with Gasteiger partial charge in [0.05, 0.1) is 18.8 Å². The standard InChI is InChI=1S/C14H28N4O4S/c1-5-23(20,21)17-8-6-7-16-14(15-3)18-9-11(2)12(10-18)13(19)22-4/h11-12,17H,5-10H2,1-4H3,(H,15,16). The van der Waals surface area contributed by atoms with E-state index in [2.05, 4.69) is 15.0 Å². The van der Waals surface area contributed by atoms with E-state index >= 15 is 0 Å². The Bertz CT molecular complexity index is 521. The highest BCUT2D eigenvalue weighted by atomic mass is 32.2. The maximum Gasteiger partial charge on any atom is 0.310 e. The number of nitrogens with one attached hydrogen (secondary N) is 2. The van der Waals surface area contributed by atoms with Crippen molar-refractivity contribution in [3.8, 4) is 0 Å². The summed E-state index contributed by atoms with van der Waals surface area (Å²) < 4.78 is 30.0. The molecule has 0 amide bonds. The third-order valence-electron chi connectivity index (χ3n) is 3.97. The summed E-state index contributed by atoms with van der Waals surface area (Å²) in [5, 5.41) is 3.20. The number of rotatable bonds is 7. The molecule has 0 aliphatic carbocycles. The molecule has 1 heterocycles. The molecule has 0 bridgehead atoms. The predicted molar refractivity (Wildman–Crippen MR) is 89.7 cm³/mol. The van der Waals surface area contributed by atoms with Gasteiger partial charge < -0.3 is 15.0 Å². The van der Waals surface area contributed by atoms with Gasteiger partial charge in [0, 0.05) is 33.2 Å². The third kappa shape index (κ3) is 5.98. The van der Waals surface area contributed by atoms with Crippen LogP contribution in [-0.4, -0.2) is 71.3 Å². The smallest absolute Gasteiger partial charge is 0.310 e. The molecule has 1 fully saturated rings. The fourth-order valence-electron chi connectivity index (χ4n) is 2.55. The van der Waals surface area contributed by atoms with E-state index in [4.69, 9.17) is 4.74 Å². The molecule has 0 spiro atoms. The van der Waals surface area contributed by atoms with Crippen LogP contribution >= 0.6 is 0 Å². The zero-order chi connectivity index (χ0) is 17.5. The number of hydrogen-bond acceptors (Lipinski definition) is 5. The van der Waals surface area contributed by atoms with Crippen LogP contribution in [0.5, 0.6) is 0 Å². The first-order chi connectivity index (χ1) is 10.8. The van der Waals surface area contributed by atoms with Crippen molar-refractivity contribution in [2.75, 3.05) is 46.1 Å². The number of aliphatic imine (C=N–C) groups is 1. The number of hydrogen-bond donors (Lipinski definition) is 2. The van der Waals surface area contributed by atoms with Crippen LogP contribution in [0.15, 0.2) is 4.99 Å². The molecule has 8 nitrogen and oxygen atoms in total. The lowest BCUT2D eigenvalue weighted by Gasteiger charge is -2.21. The van der Waals surface area contributed by atoms with Gasteiger partial charge in [-0.05, 0) is 19.3 Å². The van der Waals surface area contributed by atoms with Crippen LogP contribution in [0, 0.1) is 11.8 Å². The Morgan fingerprint density at radius 2 is 2.04 bits per heavy atom. The highest BCUT2D eigenvalue weighted by Crippen LogP contribution is 2.23. The molecule has 0 radical (unpaired) electrons. The number of ether oxygens (including phenoxy) is 1.